The van der Waals surface area contributed by atoms with Gasteiger partial charge in [0.1, 0.15) is 0 Å². The maximum absolute atomic E-state index is 12.4. The third kappa shape index (κ3) is 5.67. The lowest BCUT2D eigenvalue weighted by Gasteiger charge is -2.35. The SMILES string of the molecule is O=C(O)CCC1CCCCN1C(=O)CSCC(=O)c1ccccc1. The highest BCUT2D eigenvalue weighted by atomic mass is 32.2. The standard InChI is InChI=1S/C18H23NO4S/c20-16(14-6-2-1-3-7-14)12-24-13-17(21)19-11-5-4-8-15(19)9-10-18(22)23/h1-3,6-7,15H,4-5,8-13H2,(H,22,23). The molecule has 0 aromatic heterocycles. The Kier molecular flexibility index (Phi) is 7.31. The van der Waals surface area contributed by atoms with Crippen molar-refractivity contribution in [2.75, 3.05) is 18.1 Å². The van der Waals surface area contributed by atoms with E-state index in [9.17, 15) is 14.4 Å². The second-order valence-electron chi connectivity index (χ2n) is 5.95. The van der Waals surface area contributed by atoms with Gasteiger partial charge in [-0.1, -0.05) is 30.3 Å². The average Bonchev–Trinajstić information content (AvgIpc) is 2.60. The van der Waals surface area contributed by atoms with Gasteiger partial charge in [0.15, 0.2) is 5.78 Å². The number of carboxylic acids is 1. The number of rotatable bonds is 8. The molecule has 1 aromatic rings. The van der Waals surface area contributed by atoms with Crippen LogP contribution in [0.5, 0.6) is 0 Å². The number of piperidine rings is 1. The number of hydrogen-bond acceptors (Lipinski definition) is 4. The number of ketones is 1. The van der Waals surface area contributed by atoms with Gasteiger partial charge in [0.2, 0.25) is 5.91 Å². The summed E-state index contributed by atoms with van der Waals surface area (Å²) < 4.78 is 0. The van der Waals surface area contributed by atoms with E-state index in [1.54, 1.807) is 12.1 Å². The van der Waals surface area contributed by atoms with Crippen molar-refractivity contribution in [1.29, 1.82) is 0 Å². The van der Waals surface area contributed by atoms with Gasteiger partial charge in [-0.2, -0.15) is 0 Å². The van der Waals surface area contributed by atoms with Crippen molar-refractivity contribution in [3.05, 3.63) is 35.9 Å². The van der Waals surface area contributed by atoms with Crippen LogP contribution in [0.1, 0.15) is 42.5 Å². The highest BCUT2D eigenvalue weighted by Gasteiger charge is 2.26. The lowest BCUT2D eigenvalue weighted by molar-refractivity contribution is -0.139. The van der Waals surface area contributed by atoms with E-state index in [0.29, 0.717) is 18.5 Å². The molecule has 1 atom stereocenters. The number of carbonyl (C=O) groups is 3. The Bertz CT molecular complexity index is 576. The second kappa shape index (κ2) is 9.47. The summed E-state index contributed by atoms with van der Waals surface area (Å²) in [6, 6.07) is 9.08. The maximum Gasteiger partial charge on any atom is 0.303 e. The number of likely N-dealkylation sites (tertiary alicyclic amines) is 1. The summed E-state index contributed by atoms with van der Waals surface area (Å²) in [7, 11) is 0. The number of carbonyl (C=O) groups excluding carboxylic acids is 2. The molecule has 24 heavy (non-hydrogen) atoms. The number of thioether (sulfide) groups is 1. The van der Waals surface area contributed by atoms with Crippen molar-refractivity contribution in [2.45, 2.75) is 38.1 Å². The van der Waals surface area contributed by atoms with Crippen molar-refractivity contribution in [1.82, 2.24) is 4.90 Å². The molecule has 1 aromatic carbocycles. The fraction of sp³-hybridized carbons (Fsp3) is 0.500. The van der Waals surface area contributed by atoms with E-state index >= 15 is 0 Å². The van der Waals surface area contributed by atoms with Crippen molar-refractivity contribution >= 4 is 29.4 Å². The first kappa shape index (κ1) is 18.5. The largest absolute Gasteiger partial charge is 0.481 e. The monoisotopic (exact) mass is 349 g/mol. The van der Waals surface area contributed by atoms with E-state index in [4.69, 9.17) is 5.11 Å². The van der Waals surface area contributed by atoms with Crippen molar-refractivity contribution in [3.8, 4) is 0 Å². The van der Waals surface area contributed by atoms with Crippen LogP contribution in [0.25, 0.3) is 0 Å². The van der Waals surface area contributed by atoms with Gasteiger partial charge in [-0.25, -0.2) is 0 Å². The molecule has 5 nitrogen and oxygen atoms in total. The highest BCUT2D eigenvalue weighted by Crippen LogP contribution is 2.22. The topological polar surface area (TPSA) is 74.7 Å². The third-order valence-corrected chi connectivity index (χ3v) is 5.11. The molecule has 1 saturated heterocycles. The minimum atomic E-state index is -0.823. The zero-order valence-electron chi connectivity index (χ0n) is 13.6. The first-order valence-electron chi connectivity index (χ1n) is 8.25. The molecule has 0 bridgehead atoms. The number of aliphatic carboxylic acids is 1. The van der Waals surface area contributed by atoms with Crippen LogP contribution in [0.15, 0.2) is 30.3 Å². The summed E-state index contributed by atoms with van der Waals surface area (Å²) in [4.78, 5) is 37.0. The molecule has 1 amide bonds. The number of Topliss-reactive ketones (excluding diaryl/α,β-unsaturated/α-hetero) is 1. The van der Waals surface area contributed by atoms with Gasteiger partial charge in [-0.05, 0) is 25.7 Å². The van der Waals surface area contributed by atoms with Crippen molar-refractivity contribution in [2.24, 2.45) is 0 Å². The Morgan fingerprint density at radius 2 is 1.88 bits per heavy atom. The quantitative estimate of drug-likeness (QED) is 0.731. The Hall–Kier alpha value is -1.82. The fourth-order valence-corrected chi connectivity index (χ4v) is 3.74. The Morgan fingerprint density at radius 1 is 1.12 bits per heavy atom. The summed E-state index contributed by atoms with van der Waals surface area (Å²) in [5.41, 5.74) is 0.662. The van der Waals surface area contributed by atoms with Crippen LogP contribution in [-0.4, -0.2) is 51.8 Å². The zero-order valence-corrected chi connectivity index (χ0v) is 14.5. The third-order valence-electron chi connectivity index (χ3n) is 4.19. The van der Waals surface area contributed by atoms with Gasteiger partial charge in [-0.3, -0.25) is 14.4 Å². The normalized spacial score (nSPS) is 17.5. The Morgan fingerprint density at radius 3 is 2.58 bits per heavy atom. The molecule has 0 spiro atoms. The van der Waals surface area contributed by atoms with Crippen LogP contribution in [0.3, 0.4) is 0 Å². The molecule has 0 aliphatic carbocycles. The van der Waals surface area contributed by atoms with E-state index in [-0.39, 0.29) is 35.7 Å². The maximum atomic E-state index is 12.4. The van der Waals surface area contributed by atoms with Crippen LogP contribution >= 0.6 is 11.8 Å². The Labute approximate surface area is 146 Å². The molecule has 1 aliphatic rings. The van der Waals surface area contributed by atoms with Crippen LogP contribution in [0, 0.1) is 0 Å². The second-order valence-corrected chi connectivity index (χ2v) is 6.94. The van der Waals surface area contributed by atoms with E-state index in [0.717, 1.165) is 19.3 Å². The number of hydrogen-bond donors (Lipinski definition) is 1. The molecule has 6 heteroatoms. The number of nitrogens with zero attached hydrogens (tertiary/aromatic N) is 1. The molecule has 2 rings (SSSR count). The first-order valence-corrected chi connectivity index (χ1v) is 9.40. The fourth-order valence-electron chi connectivity index (χ4n) is 2.94. The summed E-state index contributed by atoms with van der Waals surface area (Å²) >= 11 is 1.33. The summed E-state index contributed by atoms with van der Waals surface area (Å²) in [5.74, 6) is -0.243. The molecule has 0 saturated carbocycles. The predicted octanol–water partition coefficient (Wildman–Crippen LogP) is 2.85. The summed E-state index contributed by atoms with van der Waals surface area (Å²) in [5, 5.41) is 8.83. The van der Waals surface area contributed by atoms with Gasteiger partial charge in [0.25, 0.3) is 0 Å². The molecule has 1 N–H and O–H groups in total. The van der Waals surface area contributed by atoms with Gasteiger partial charge in [0, 0.05) is 24.6 Å². The molecule has 130 valence electrons. The highest BCUT2D eigenvalue weighted by molar-refractivity contribution is 8.00. The van der Waals surface area contributed by atoms with Crippen molar-refractivity contribution < 1.29 is 19.5 Å². The zero-order chi connectivity index (χ0) is 17.4. The van der Waals surface area contributed by atoms with Crippen LogP contribution in [0.4, 0.5) is 0 Å². The van der Waals surface area contributed by atoms with E-state index in [2.05, 4.69) is 0 Å². The van der Waals surface area contributed by atoms with Gasteiger partial charge in [-0.15, -0.1) is 11.8 Å². The molecule has 1 fully saturated rings. The molecular formula is C18H23NO4S. The van der Waals surface area contributed by atoms with E-state index in [1.807, 2.05) is 23.1 Å². The molecular weight excluding hydrogens is 326 g/mol. The lowest BCUT2D eigenvalue weighted by Crippen LogP contribution is -2.44. The van der Waals surface area contributed by atoms with Gasteiger partial charge in [0.05, 0.1) is 11.5 Å². The van der Waals surface area contributed by atoms with Crippen LogP contribution in [-0.2, 0) is 9.59 Å². The molecule has 0 radical (unpaired) electrons. The number of benzene rings is 1. The summed E-state index contributed by atoms with van der Waals surface area (Å²) in [6.07, 6.45) is 3.46. The summed E-state index contributed by atoms with van der Waals surface area (Å²) in [6.45, 7) is 0.691. The number of carboxylic acid groups (broad SMARTS) is 1. The minimum Gasteiger partial charge on any atom is -0.481 e. The van der Waals surface area contributed by atoms with E-state index in [1.165, 1.54) is 11.8 Å². The Balaban J connectivity index is 1.79. The average molecular weight is 349 g/mol. The lowest BCUT2D eigenvalue weighted by atomic mass is 9.98. The number of amides is 1. The minimum absolute atomic E-state index is 0.0101. The molecule has 1 heterocycles. The van der Waals surface area contributed by atoms with E-state index < -0.39 is 5.97 Å². The molecule has 1 aliphatic heterocycles. The van der Waals surface area contributed by atoms with Crippen LogP contribution < -0.4 is 0 Å². The predicted molar refractivity (Wildman–Crippen MR) is 94.3 cm³/mol. The van der Waals surface area contributed by atoms with Gasteiger partial charge >= 0.3 is 5.97 Å². The smallest absolute Gasteiger partial charge is 0.303 e. The first-order chi connectivity index (χ1) is 11.6. The van der Waals surface area contributed by atoms with Crippen molar-refractivity contribution in [3.63, 3.8) is 0 Å². The molecule has 1 unspecified atom stereocenters. The van der Waals surface area contributed by atoms with Gasteiger partial charge < -0.3 is 10.0 Å². The van der Waals surface area contributed by atoms with Crippen LogP contribution in [0.2, 0.25) is 0 Å².